The van der Waals surface area contributed by atoms with E-state index in [1.165, 1.54) is 31.4 Å². The van der Waals surface area contributed by atoms with Crippen molar-refractivity contribution in [3.8, 4) is 16.9 Å². The monoisotopic (exact) mass is 508 g/mol. The Kier molecular flexibility index (Phi) is 6.38. The second kappa shape index (κ2) is 8.44. The van der Waals surface area contributed by atoms with Crippen LogP contribution in [0.4, 0.5) is 23.2 Å². The topological polar surface area (TPSA) is 47.3 Å². The molecule has 0 bridgehead atoms. The smallest absolute Gasteiger partial charge is 0.418 e. The summed E-state index contributed by atoms with van der Waals surface area (Å²) in [6, 6.07) is 5.90. The maximum atomic E-state index is 14.7. The van der Waals surface area contributed by atoms with Gasteiger partial charge in [0.2, 0.25) is 0 Å². The van der Waals surface area contributed by atoms with Gasteiger partial charge in [0, 0.05) is 23.2 Å². The summed E-state index contributed by atoms with van der Waals surface area (Å²) in [5.74, 6) is -0.213. The molecule has 3 rings (SSSR count). The molecule has 0 saturated heterocycles. The first kappa shape index (κ1) is 21.2. The summed E-state index contributed by atoms with van der Waals surface area (Å²) in [6.07, 6.45) is -1.32. The molecule has 152 valence electrons. The number of methoxy groups -OCH3 is 1. The molecule has 1 aliphatic carbocycles. The van der Waals surface area contributed by atoms with Gasteiger partial charge in [-0.05, 0) is 53.6 Å². The number of rotatable bonds is 4. The third kappa shape index (κ3) is 4.37. The quantitative estimate of drug-likeness (QED) is 0.405. The molecule has 2 atom stereocenters. The lowest BCUT2D eigenvalue weighted by molar-refractivity contribution is -0.136. The lowest BCUT2D eigenvalue weighted by Crippen LogP contribution is -2.43. The molecule has 1 aliphatic rings. The normalized spacial score (nSPS) is 20.1. The maximum absolute atomic E-state index is 14.7. The minimum Gasteiger partial charge on any atom is -0.496 e. The van der Waals surface area contributed by atoms with Crippen molar-refractivity contribution >= 4 is 28.3 Å². The zero-order valence-electron chi connectivity index (χ0n) is 15.2. The van der Waals surface area contributed by atoms with Gasteiger partial charge in [-0.1, -0.05) is 25.0 Å². The molecule has 0 spiro atoms. The van der Waals surface area contributed by atoms with Gasteiger partial charge in [-0.25, -0.2) is 4.39 Å². The summed E-state index contributed by atoms with van der Waals surface area (Å²) < 4.78 is 61.6. The van der Waals surface area contributed by atoms with Crippen molar-refractivity contribution in [2.24, 2.45) is 5.73 Å². The second-order valence-electron chi connectivity index (χ2n) is 6.89. The zero-order chi connectivity index (χ0) is 20.5. The Morgan fingerprint density at radius 3 is 2.50 bits per heavy atom. The van der Waals surface area contributed by atoms with Crippen LogP contribution in [-0.2, 0) is 6.18 Å². The van der Waals surface area contributed by atoms with Crippen LogP contribution in [0.15, 0.2) is 30.3 Å². The van der Waals surface area contributed by atoms with Gasteiger partial charge in [0.15, 0.2) is 0 Å². The Hall–Kier alpha value is -1.55. The van der Waals surface area contributed by atoms with Crippen LogP contribution in [0.2, 0.25) is 0 Å². The van der Waals surface area contributed by atoms with Crippen LogP contribution in [0.3, 0.4) is 0 Å². The first-order valence-corrected chi connectivity index (χ1v) is 10.1. The highest BCUT2D eigenvalue weighted by Crippen LogP contribution is 2.43. The number of para-hydroxylation sites is 1. The van der Waals surface area contributed by atoms with Gasteiger partial charge in [-0.2, -0.15) is 13.2 Å². The first-order valence-electron chi connectivity index (χ1n) is 8.98. The van der Waals surface area contributed by atoms with Crippen LogP contribution in [-0.4, -0.2) is 19.2 Å². The molecule has 2 aromatic rings. The summed E-state index contributed by atoms with van der Waals surface area (Å²) >= 11 is 1.92. The molecule has 0 aromatic heterocycles. The molecular formula is C20H21F4IN2O. The van der Waals surface area contributed by atoms with Crippen LogP contribution >= 0.6 is 22.6 Å². The van der Waals surface area contributed by atoms with Crippen molar-refractivity contribution in [3.63, 3.8) is 0 Å². The van der Waals surface area contributed by atoms with Crippen molar-refractivity contribution < 1.29 is 22.3 Å². The SMILES string of the molecule is COc1cc(-c2cccc(C(F)(F)F)c2N[C@@H]2CCCC[C@H]2N)c(F)cc1I. The highest BCUT2D eigenvalue weighted by Gasteiger charge is 2.36. The van der Waals surface area contributed by atoms with E-state index in [0.29, 0.717) is 15.7 Å². The van der Waals surface area contributed by atoms with E-state index in [-0.39, 0.29) is 28.9 Å². The van der Waals surface area contributed by atoms with E-state index in [9.17, 15) is 17.6 Å². The number of halogens is 5. The molecule has 0 unspecified atom stereocenters. The molecule has 8 heteroatoms. The van der Waals surface area contributed by atoms with E-state index in [2.05, 4.69) is 5.32 Å². The predicted molar refractivity (Wildman–Crippen MR) is 110 cm³/mol. The molecule has 0 aliphatic heterocycles. The highest BCUT2D eigenvalue weighted by atomic mass is 127. The number of nitrogens with two attached hydrogens (primary N) is 1. The van der Waals surface area contributed by atoms with E-state index < -0.39 is 17.6 Å². The van der Waals surface area contributed by atoms with Gasteiger partial charge >= 0.3 is 6.18 Å². The number of hydrogen-bond donors (Lipinski definition) is 2. The van der Waals surface area contributed by atoms with E-state index in [4.69, 9.17) is 10.5 Å². The maximum Gasteiger partial charge on any atom is 0.418 e. The molecule has 0 radical (unpaired) electrons. The standard InChI is InChI=1S/C20H21F4IN2O/c1-28-18-9-12(14(21)10-15(18)25)11-5-4-6-13(20(22,23)24)19(11)27-17-8-3-2-7-16(17)26/h4-6,9-10,16-17,27H,2-3,7-8,26H2,1H3/t16-,17-/m1/s1. The lowest BCUT2D eigenvalue weighted by Gasteiger charge is -2.32. The number of nitrogens with one attached hydrogen (secondary N) is 1. The Labute approximate surface area is 174 Å². The summed E-state index contributed by atoms with van der Waals surface area (Å²) in [5, 5.41) is 3.00. The first-order chi connectivity index (χ1) is 13.2. The van der Waals surface area contributed by atoms with Crippen LogP contribution in [0.25, 0.3) is 11.1 Å². The Bertz CT molecular complexity index is 857. The predicted octanol–water partition coefficient (Wildman–Crippen LogP) is 5.81. The van der Waals surface area contributed by atoms with E-state index >= 15 is 0 Å². The van der Waals surface area contributed by atoms with Crippen LogP contribution in [0, 0.1) is 9.39 Å². The van der Waals surface area contributed by atoms with Crippen molar-refractivity contribution in [2.45, 2.75) is 43.9 Å². The van der Waals surface area contributed by atoms with Gasteiger partial charge in [0.25, 0.3) is 0 Å². The number of benzene rings is 2. The lowest BCUT2D eigenvalue weighted by atomic mass is 9.89. The second-order valence-corrected chi connectivity index (χ2v) is 8.05. The highest BCUT2D eigenvalue weighted by molar-refractivity contribution is 14.1. The molecule has 1 saturated carbocycles. The van der Waals surface area contributed by atoms with Gasteiger partial charge in [0.05, 0.1) is 21.9 Å². The van der Waals surface area contributed by atoms with Crippen LogP contribution in [0.5, 0.6) is 5.75 Å². The Morgan fingerprint density at radius 2 is 1.86 bits per heavy atom. The van der Waals surface area contributed by atoms with Gasteiger partial charge in [-0.15, -0.1) is 0 Å². The molecule has 3 nitrogen and oxygen atoms in total. The zero-order valence-corrected chi connectivity index (χ0v) is 17.4. The van der Waals surface area contributed by atoms with E-state index in [0.717, 1.165) is 25.3 Å². The van der Waals surface area contributed by atoms with Crippen LogP contribution < -0.4 is 15.8 Å². The van der Waals surface area contributed by atoms with Crippen molar-refractivity contribution in [3.05, 3.63) is 45.3 Å². The van der Waals surface area contributed by atoms with Gasteiger partial charge in [-0.3, -0.25) is 0 Å². The van der Waals surface area contributed by atoms with Crippen LogP contribution in [0.1, 0.15) is 31.2 Å². The third-order valence-electron chi connectivity index (χ3n) is 5.05. The molecule has 28 heavy (non-hydrogen) atoms. The van der Waals surface area contributed by atoms with E-state index in [1.807, 2.05) is 22.6 Å². The van der Waals surface area contributed by atoms with E-state index in [1.54, 1.807) is 0 Å². The summed E-state index contributed by atoms with van der Waals surface area (Å²) in [5.41, 5.74) is 5.35. The van der Waals surface area contributed by atoms with Crippen molar-refractivity contribution in [2.75, 3.05) is 12.4 Å². The van der Waals surface area contributed by atoms with Crippen molar-refractivity contribution in [1.82, 2.24) is 0 Å². The molecule has 0 amide bonds. The number of hydrogen-bond acceptors (Lipinski definition) is 3. The Morgan fingerprint density at radius 1 is 1.14 bits per heavy atom. The fourth-order valence-corrected chi connectivity index (χ4v) is 4.23. The largest absolute Gasteiger partial charge is 0.496 e. The van der Waals surface area contributed by atoms with Gasteiger partial charge in [0.1, 0.15) is 11.6 Å². The average molecular weight is 508 g/mol. The molecule has 2 aromatic carbocycles. The molecule has 3 N–H and O–H groups in total. The fourth-order valence-electron chi connectivity index (χ4n) is 3.58. The average Bonchev–Trinajstić information content (AvgIpc) is 2.63. The summed E-state index contributed by atoms with van der Waals surface area (Å²) in [4.78, 5) is 0. The number of ether oxygens (including phenoxy) is 1. The fraction of sp³-hybridized carbons (Fsp3) is 0.400. The summed E-state index contributed by atoms with van der Waals surface area (Å²) in [7, 11) is 1.44. The number of alkyl halides is 3. The molecular weight excluding hydrogens is 487 g/mol. The molecule has 1 fully saturated rings. The minimum absolute atomic E-state index is 0.0512. The minimum atomic E-state index is -4.58. The third-order valence-corrected chi connectivity index (χ3v) is 5.89. The van der Waals surface area contributed by atoms with Gasteiger partial charge < -0.3 is 15.8 Å². The molecule has 0 heterocycles. The Balaban J connectivity index is 2.16. The van der Waals surface area contributed by atoms with Crippen molar-refractivity contribution in [1.29, 1.82) is 0 Å². The summed E-state index contributed by atoms with van der Waals surface area (Å²) in [6.45, 7) is 0. The number of anilines is 1.